The first kappa shape index (κ1) is 15.3. The van der Waals surface area contributed by atoms with E-state index in [9.17, 15) is 8.78 Å². The molecular weight excluding hydrogens is 320 g/mol. The minimum atomic E-state index is -0.301. The van der Waals surface area contributed by atoms with E-state index < -0.39 is 0 Å². The number of nitrogens with zero attached hydrogens (tertiary/aromatic N) is 2. The van der Waals surface area contributed by atoms with Gasteiger partial charge in [-0.1, -0.05) is 12.1 Å². The molecule has 3 nitrogen and oxygen atoms in total. The Morgan fingerprint density at radius 3 is 2.16 bits per heavy atom. The molecule has 0 unspecified atom stereocenters. The third-order valence-electron chi connectivity index (χ3n) is 4.08. The summed E-state index contributed by atoms with van der Waals surface area (Å²) in [5.41, 5.74) is 3.38. The molecule has 0 radical (unpaired) electrons. The van der Waals surface area contributed by atoms with E-state index in [0.29, 0.717) is 0 Å². The zero-order valence-electron chi connectivity index (χ0n) is 13.5. The molecule has 3 aromatic carbocycles. The lowest BCUT2D eigenvalue weighted by molar-refractivity contribution is 0.627. The van der Waals surface area contributed by atoms with Crippen LogP contribution in [0.3, 0.4) is 0 Å². The average Bonchev–Trinajstić information content (AvgIpc) is 2.98. The first-order chi connectivity index (χ1) is 12.1. The summed E-state index contributed by atoms with van der Waals surface area (Å²) in [5, 5.41) is 8.93. The Kier molecular flexibility index (Phi) is 3.69. The SMILES string of the molecule is Cc1cccc2c(Nc3ccc(F)cc3)n(-c3ccc(F)cc3)nc12. The highest BCUT2D eigenvalue weighted by atomic mass is 19.1. The van der Waals surface area contributed by atoms with Gasteiger partial charge in [0.05, 0.1) is 11.2 Å². The summed E-state index contributed by atoms with van der Waals surface area (Å²) in [6.07, 6.45) is 0. The van der Waals surface area contributed by atoms with Crippen molar-refractivity contribution in [3.8, 4) is 5.69 Å². The molecule has 0 saturated carbocycles. The number of fused-ring (bicyclic) bond motifs is 1. The molecule has 4 rings (SSSR count). The number of benzene rings is 3. The lowest BCUT2D eigenvalue weighted by Gasteiger charge is -2.10. The lowest BCUT2D eigenvalue weighted by Crippen LogP contribution is -2.02. The van der Waals surface area contributed by atoms with Crippen molar-refractivity contribution in [1.82, 2.24) is 9.78 Å². The normalized spacial score (nSPS) is 11.0. The monoisotopic (exact) mass is 335 g/mol. The third kappa shape index (κ3) is 2.85. The van der Waals surface area contributed by atoms with Crippen molar-refractivity contribution in [2.45, 2.75) is 6.92 Å². The van der Waals surface area contributed by atoms with E-state index in [1.807, 2.05) is 25.1 Å². The largest absolute Gasteiger partial charge is 0.340 e. The summed E-state index contributed by atoms with van der Waals surface area (Å²) in [4.78, 5) is 0. The van der Waals surface area contributed by atoms with Gasteiger partial charge >= 0.3 is 0 Å². The molecule has 1 N–H and O–H groups in total. The Labute approximate surface area is 143 Å². The summed E-state index contributed by atoms with van der Waals surface area (Å²) >= 11 is 0. The quantitative estimate of drug-likeness (QED) is 0.546. The second-order valence-electron chi connectivity index (χ2n) is 5.84. The Balaban J connectivity index is 1.90. The molecule has 124 valence electrons. The van der Waals surface area contributed by atoms with Crippen molar-refractivity contribution in [3.05, 3.63) is 83.9 Å². The van der Waals surface area contributed by atoms with E-state index in [-0.39, 0.29) is 11.6 Å². The smallest absolute Gasteiger partial charge is 0.142 e. The van der Waals surface area contributed by atoms with Crippen LogP contribution in [0.5, 0.6) is 0 Å². The summed E-state index contributed by atoms with van der Waals surface area (Å²) in [7, 11) is 0. The number of anilines is 2. The van der Waals surface area contributed by atoms with Gasteiger partial charge in [-0.05, 0) is 67.1 Å². The molecule has 0 aliphatic carbocycles. The molecule has 4 aromatic rings. The van der Waals surface area contributed by atoms with Crippen molar-refractivity contribution in [1.29, 1.82) is 0 Å². The van der Waals surface area contributed by atoms with E-state index in [4.69, 9.17) is 0 Å². The van der Waals surface area contributed by atoms with Crippen molar-refractivity contribution in [2.24, 2.45) is 0 Å². The Morgan fingerprint density at radius 1 is 0.840 bits per heavy atom. The molecule has 0 aliphatic rings. The zero-order chi connectivity index (χ0) is 17.4. The van der Waals surface area contributed by atoms with Crippen molar-refractivity contribution >= 4 is 22.4 Å². The van der Waals surface area contributed by atoms with E-state index in [1.54, 1.807) is 28.9 Å². The second kappa shape index (κ2) is 6.02. The van der Waals surface area contributed by atoms with Gasteiger partial charge in [-0.25, -0.2) is 13.5 Å². The van der Waals surface area contributed by atoms with Gasteiger partial charge in [0.2, 0.25) is 0 Å². The first-order valence-electron chi connectivity index (χ1n) is 7.89. The van der Waals surface area contributed by atoms with Crippen LogP contribution in [-0.4, -0.2) is 9.78 Å². The van der Waals surface area contributed by atoms with Gasteiger partial charge < -0.3 is 5.32 Å². The van der Waals surface area contributed by atoms with Gasteiger partial charge in [0.25, 0.3) is 0 Å². The van der Waals surface area contributed by atoms with E-state index in [2.05, 4.69) is 10.4 Å². The van der Waals surface area contributed by atoms with E-state index >= 15 is 0 Å². The van der Waals surface area contributed by atoms with Crippen LogP contribution in [0.25, 0.3) is 16.6 Å². The minimum Gasteiger partial charge on any atom is -0.340 e. The molecule has 5 heteroatoms. The molecule has 1 aromatic heterocycles. The third-order valence-corrected chi connectivity index (χ3v) is 4.08. The highest BCUT2D eigenvalue weighted by molar-refractivity contribution is 5.94. The molecule has 0 atom stereocenters. The van der Waals surface area contributed by atoms with Crippen LogP contribution in [0.2, 0.25) is 0 Å². The molecule has 25 heavy (non-hydrogen) atoms. The van der Waals surface area contributed by atoms with Crippen LogP contribution in [0, 0.1) is 18.6 Å². The molecular formula is C20H15F2N3. The van der Waals surface area contributed by atoms with Gasteiger partial charge in [0.15, 0.2) is 0 Å². The summed E-state index contributed by atoms with van der Waals surface area (Å²) in [5.74, 6) is 0.153. The predicted octanol–water partition coefficient (Wildman–Crippen LogP) is 5.36. The van der Waals surface area contributed by atoms with Crippen LogP contribution < -0.4 is 5.32 Å². The van der Waals surface area contributed by atoms with Gasteiger partial charge in [-0.15, -0.1) is 0 Å². The van der Waals surface area contributed by atoms with Crippen LogP contribution in [0.1, 0.15) is 5.56 Å². The van der Waals surface area contributed by atoms with Crippen LogP contribution >= 0.6 is 0 Å². The van der Waals surface area contributed by atoms with Crippen molar-refractivity contribution in [2.75, 3.05) is 5.32 Å². The highest BCUT2D eigenvalue weighted by Gasteiger charge is 2.14. The van der Waals surface area contributed by atoms with E-state index in [0.717, 1.165) is 33.7 Å². The highest BCUT2D eigenvalue weighted by Crippen LogP contribution is 2.31. The fourth-order valence-corrected chi connectivity index (χ4v) is 2.81. The number of aryl methyl sites for hydroxylation is 1. The molecule has 1 heterocycles. The predicted molar refractivity (Wildman–Crippen MR) is 95.4 cm³/mol. The number of rotatable bonds is 3. The number of hydrogen-bond donors (Lipinski definition) is 1. The Bertz CT molecular complexity index is 1040. The Morgan fingerprint density at radius 2 is 1.48 bits per heavy atom. The van der Waals surface area contributed by atoms with Crippen LogP contribution in [0.4, 0.5) is 20.3 Å². The van der Waals surface area contributed by atoms with Gasteiger partial charge in [0, 0.05) is 11.1 Å². The average molecular weight is 335 g/mol. The minimum absolute atomic E-state index is 0.293. The van der Waals surface area contributed by atoms with Crippen LogP contribution in [0.15, 0.2) is 66.7 Å². The second-order valence-corrected chi connectivity index (χ2v) is 5.84. The molecule has 0 spiro atoms. The fraction of sp³-hybridized carbons (Fsp3) is 0.0500. The molecule has 0 amide bonds. The van der Waals surface area contributed by atoms with Gasteiger partial charge in [-0.2, -0.15) is 5.10 Å². The standard InChI is InChI=1S/C20H15F2N3/c1-13-3-2-4-18-19(13)24-25(17-11-7-15(22)8-12-17)20(18)23-16-9-5-14(21)6-10-16/h2-12,23H,1H3. The maximum absolute atomic E-state index is 13.3. The first-order valence-corrected chi connectivity index (χ1v) is 7.89. The number of aromatic nitrogens is 2. The van der Waals surface area contributed by atoms with Crippen molar-refractivity contribution in [3.63, 3.8) is 0 Å². The zero-order valence-corrected chi connectivity index (χ0v) is 13.5. The maximum Gasteiger partial charge on any atom is 0.142 e. The van der Waals surface area contributed by atoms with Crippen molar-refractivity contribution < 1.29 is 8.78 Å². The number of hydrogen-bond acceptors (Lipinski definition) is 2. The number of halogens is 2. The van der Waals surface area contributed by atoms with Crippen LogP contribution in [-0.2, 0) is 0 Å². The Hall–Kier alpha value is -3.21. The molecule has 0 fully saturated rings. The molecule has 0 saturated heterocycles. The lowest BCUT2D eigenvalue weighted by atomic mass is 10.1. The summed E-state index contributed by atoms with van der Waals surface area (Å²) < 4.78 is 28.2. The maximum atomic E-state index is 13.3. The fourth-order valence-electron chi connectivity index (χ4n) is 2.81. The number of nitrogens with one attached hydrogen (secondary N) is 1. The summed E-state index contributed by atoms with van der Waals surface area (Å²) in [6, 6.07) is 18.2. The van der Waals surface area contributed by atoms with Gasteiger partial charge in [0.1, 0.15) is 17.5 Å². The molecule has 0 aliphatic heterocycles. The van der Waals surface area contributed by atoms with Gasteiger partial charge in [-0.3, -0.25) is 0 Å². The topological polar surface area (TPSA) is 29.9 Å². The molecule has 0 bridgehead atoms. The summed E-state index contributed by atoms with van der Waals surface area (Å²) in [6.45, 7) is 1.99. The van der Waals surface area contributed by atoms with E-state index in [1.165, 1.54) is 24.3 Å².